The molecule has 100 valence electrons. The van der Waals surface area contributed by atoms with Crippen LogP contribution < -0.4 is 0 Å². The van der Waals surface area contributed by atoms with Gasteiger partial charge >= 0.3 is 5.97 Å². The molecule has 1 aliphatic heterocycles. The molecule has 2 aromatic rings. The molecule has 0 spiro atoms. The molecule has 0 atom stereocenters. The van der Waals surface area contributed by atoms with Crippen molar-refractivity contribution in [2.75, 3.05) is 0 Å². The number of rotatable bonds is 0. The van der Waals surface area contributed by atoms with E-state index in [1.165, 1.54) is 6.34 Å². The largest absolute Gasteiger partial charge is 0.382 e. The minimum atomic E-state index is -0.498. The second-order valence-electron chi connectivity index (χ2n) is 4.66. The second kappa shape index (κ2) is 4.77. The lowest BCUT2D eigenvalue weighted by Gasteiger charge is -2.11. The van der Waals surface area contributed by atoms with Gasteiger partial charge in [-0.25, -0.2) is 9.79 Å². The first-order chi connectivity index (χ1) is 9.66. The van der Waals surface area contributed by atoms with E-state index in [0.717, 1.165) is 22.0 Å². The van der Waals surface area contributed by atoms with Gasteiger partial charge in [0, 0.05) is 18.1 Å². The van der Waals surface area contributed by atoms with Crippen LogP contribution in [0.25, 0.3) is 10.9 Å². The summed E-state index contributed by atoms with van der Waals surface area (Å²) in [5, 5.41) is 4.50. The number of nitrogens with zero attached hydrogens (tertiary/aromatic N) is 3. The summed E-state index contributed by atoms with van der Waals surface area (Å²) in [7, 11) is 0. The van der Waals surface area contributed by atoms with Crippen molar-refractivity contribution in [3.05, 3.63) is 47.7 Å². The van der Waals surface area contributed by atoms with Crippen LogP contribution in [0.2, 0.25) is 0 Å². The van der Waals surface area contributed by atoms with Gasteiger partial charge in [-0.2, -0.15) is 0 Å². The maximum Gasteiger partial charge on any atom is 0.382 e. The van der Waals surface area contributed by atoms with Crippen LogP contribution in [0.15, 0.2) is 46.6 Å². The van der Waals surface area contributed by atoms with Crippen molar-refractivity contribution < 1.29 is 9.63 Å². The van der Waals surface area contributed by atoms with E-state index < -0.39 is 5.97 Å². The molecule has 3 rings (SSSR count). The van der Waals surface area contributed by atoms with E-state index in [-0.39, 0.29) is 0 Å². The molecule has 5 heteroatoms. The maximum absolute atomic E-state index is 12.1. The fourth-order valence-corrected chi connectivity index (χ4v) is 2.37. The summed E-state index contributed by atoms with van der Waals surface area (Å²) in [6.07, 6.45) is 2.79. The Hall–Kier alpha value is -2.69. The topological polar surface area (TPSA) is 56.0 Å². The molecule has 1 aliphatic rings. The van der Waals surface area contributed by atoms with E-state index in [2.05, 4.69) is 16.7 Å². The zero-order valence-electron chi connectivity index (χ0n) is 11.0. The van der Waals surface area contributed by atoms with Crippen LogP contribution in [0.4, 0.5) is 0 Å². The summed E-state index contributed by atoms with van der Waals surface area (Å²) in [5.74, 6) is -0.498. The molecule has 0 saturated heterocycles. The zero-order chi connectivity index (χ0) is 14.1. The first kappa shape index (κ1) is 12.3. The Morgan fingerprint density at radius 1 is 1.40 bits per heavy atom. The highest BCUT2D eigenvalue weighted by Gasteiger charge is 2.18. The quantitative estimate of drug-likeness (QED) is 0.689. The van der Waals surface area contributed by atoms with Crippen molar-refractivity contribution in [2.45, 2.75) is 13.5 Å². The van der Waals surface area contributed by atoms with Crippen LogP contribution in [-0.2, 0) is 11.4 Å². The van der Waals surface area contributed by atoms with E-state index in [4.69, 9.17) is 4.84 Å². The lowest BCUT2D eigenvalue weighted by Crippen LogP contribution is -2.13. The summed E-state index contributed by atoms with van der Waals surface area (Å²) in [4.78, 5) is 20.8. The Balaban J connectivity index is 2.27. The number of aryl methyl sites for hydroxylation is 1. The Morgan fingerprint density at radius 2 is 2.25 bits per heavy atom. The third-order valence-electron chi connectivity index (χ3n) is 3.20. The number of aromatic nitrogens is 1. The number of benzene rings is 1. The average molecular weight is 267 g/mol. The number of hydrogen-bond acceptors (Lipinski definition) is 4. The standard InChI is InChI=1S/C15H13N3O2/c1-10-7-16-9-17-20-15(19)13-6-12-5-3-4-11(2)14(12)18(13)8-10/h3-7,9H,1,8H2,2H3/b16-7?,17-9-. The first-order valence-corrected chi connectivity index (χ1v) is 6.20. The molecule has 0 saturated carbocycles. The van der Waals surface area contributed by atoms with E-state index in [0.29, 0.717) is 12.2 Å². The van der Waals surface area contributed by atoms with Gasteiger partial charge < -0.3 is 9.40 Å². The molecular formula is C15H13N3O2. The highest BCUT2D eigenvalue weighted by molar-refractivity contribution is 5.97. The van der Waals surface area contributed by atoms with Gasteiger partial charge in [0.15, 0.2) is 6.34 Å². The van der Waals surface area contributed by atoms with Gasteiger partial charge in [-0.1, -0.05) is 29.9 Å². The van der Waals surface area contributed by atoms with Gasteiger partial charge in [-0.15, -0.1) is 0 Å². The van der Waals surface area contributed by atoms with Crippen molar-refractivity contribution in [2.24, 2.45) is 10.1 Å². The molecule has 0 unspecified atom stereocenters. The molecule has 1 aromatic carbocycles. The smallest absolute Gasteiger partial charge is 0.330 e. The third-order valence-corrected chi connectivity index (χ3v) is 3.20. The minimum Gasteiger partial charge on any atom is -0.330 e. The lowest BCUT2D eigenvalue weighted by atomic mass is 10.1. The minimum absolute atomic E-state index is 0.461. The molecule has 0 radical (unpaired) electrons. The molecule has 0 amide bonds. The molecule has 1 aromatic heterocycles. The fraction of sp³-hybridized carbons (Fsp3) is 0.133. The average Bonchev–Trinajstić information content (AvgIpc) is 2.78. The highest BCUT2D eigenvalue weighted by atomic mass is 16.7. The summed E-state index contributed by atoms with van der Waals surface area (Å²) in [6.45, 7) is 6.44. The van der Waals surface area contributed by atoms with Crippen molar-refractivity contribution in [1.29, 1.82) is 0 Å². The summed E-state index contributed by atoms with van der Waals surface area (Å²) in [5.41, 5.74) is 3.33. The predicted molar refractivity (Wildman–Crippen MR) is 78.2 cm³/mol. The summed E-state index contributed by atoms with van der Waals surface area (Å²) in [6, 6.07) is 7.75. The molecule has 0 aliphatic carbocycles. The van der Waals surface area contributed by atoms with E-state index in [9.17, 15) is 4.79 Å². The molecule has 0 bridgehead atoms. The number of carbonyl (C=O) groups excluding carboxylic acids is 1. The van der Waals surface area contributed by atoms with Crippen LogP contribution >= 0.6 is 0 Å². The van der Waals surface area contributed by atoms with Crippen LogP contribution in [0, 0.1) is 6.92 Å². The molecule has 0 N–H and O–H groups in total. The third kappa shape index (κ3) is 2.03. The van der Waals surface area contributed by atoms with Crippen molar-refractivity contribution >= 4 is 29.4 Å². The SMILES string of the molecule is C=C1C=N/C=N\OC(=O)c2cc3cccc(C)c3n2C1. The number of hydrogen-bond donors (Lipinski definition) is 0. The summed E-state index contributed by atoms with van der Waals surface area (Å²) < 4.78 is 1.89. The number of allylic oxidation sites excluding steroid dienone is 1. The van der Waals surface area contributed by atoms with E-state index in [1.54, 1.807) is 6.21 Å². The number of aliphatic imine (C=N–C) groups is 1. The number of para-hydroxylation sites is 1. The van der Waals surface area contributed by atoms with Crippen molar-refractivity contribution in [3.8, 4) is 0 Å². The Morgan fingerprint density at radius 3 is 3.10 bits per heavy atom. The normalized spacial score (nSPS) is 16.9. The Bertz CT molecular complexity index is 769. The van der Waals surface area contributed by atoms with Gasteiger partial charge in [0.05, 0.1) is 5.52 Å². The van der Waals surface area contributed by atoms with Crippen LogP contribution in [0.5, 0.6) is 0 Å². The predicted octanol–water partition coefficient (Wildman–Crippen LogP) is 2.69. The van der Waals surface area contributed by atoms with Gasteiger partial charge in [-0.05, 0) is 24.1 Å². The first-order valence-electron chi connectivity index (χ1n) is 6.20. The number of oxime groups is 1. The van der Waals surface area contributed by atoms with Gasteiger partial charge in [0.1, 0.15) is 5.69 Å². The van der Waals surface area contributed by atoms with Crippen LogP contribution in [0.1, 0.15) is 16.1 Å². The van der Waals surface area contributed by atoms with Crippen LogP contribution in [-0.4, -0.2) is 23.1 Å². The Labute approximate surface area is 115 Å². The number of fused-ring (bicyclic) bond motifs is 3. The maximum atomic E-state index is 12.1. The van der Waals surface area contributed by atoms with E-state index in [1.807, 2.05) is 35.8 Å². The molecular weight excluding hydrogens is 254 g/mol. The fourth-order valence-electron chi connectivity index (χ4n) is 2.37. The molecule has 2 heterocycles. The van der Waals surface area contributed by atoms with Gasteiger partial charge in [0.2, 0.25) is 0 Å². The monoisotopic (exact) mass is 267 g/mol. The van der Waals surface area contributed by atoms with Crippen LogP contribution in [0.3, 0.4) is 0 Å². The molecule has 20 heavy (non-hydrogen) atoms. The Kier molecular flexibility index (Phi) is 2.95. The summed E-state index contributed by atoms with van der Waals surface area (Å²) >= 11 is 0. The van der Waals surface area contributed by atoms with E-state index >= 15 is 0 Å². The molecule has 5 nitrogen and oxygen atoms in total. The van der Waals surface area contributed by atoms with Crippen molar-refractivity contribution in [1.82, 2.24) is 4.57 Å². The van der Waals surface area contributed by atoms with Gasteiger partial charge in [-0.3, -0.25) is 0 Å². The second-order valence-corrected chi connectivity index (χ2v) is 4.66. The highest BCUT2D eigenvalue weighted by Crippen LogP contribution is 2.25. The lowest BCUT2D eigenvalue weighted by molar-refractivity contribution is 0.0507. The molecule has 0 fully saturated rings. The number of carbonyl (C=O) groups is 1. The zero-order valence-corrected chi connectivity index (χ0v) is 11.0. The van der Waals surface area contributed by atoms with Crippen molar-refractivity contribution in [3.63, 3.8) is 0 Å². The van der Waals surface area contributed by atoms with Gasteiger partial charge in [0.25, 0.3) is 0 Å².